The number of carboxylic acid groups (broad SMARTS) is 1. The summed E-state index contributed by atoms with van der Waals surface area (Å²) in [6, 6.07) is 4.72. The molecule has 1 rings (SSSR count). The van der Waals surface area contributed by atoms with E-state index in [0.717, 1.165) is 12.2 Å². The van der Waals surface area contributed by atoms with Crippen LogP contribution >= 0.6 is 0 Å². The maximum absolute atomic E-state index is 10.9. The van der Waals surface area contributed by atoms with Gasteiger partial charge in [-0.25, -0.2) is 4.79 Å². The molecule has 0 atom stereocenters. The van der Waals surface area contributed by atoms with Gasteiger partial charge in [0.15, 0.2) is 0 Å². The topological polar surface area (TPSA) is 86.8 Å². The lowest BCUT2D eigenvalue weighted by Gasteiger charge is -2.28. The van der Waals surface area contributed by atoms with Crippen LogP contribution in [0, 0.1) is 0 Å². The first-order chi connectivity index (χ1) is 8.74. The van der Waals surface area contributed by atoms with Crippen LogP contribution in [0.4, 0.5) is 11.4 Å². The first-order valence-corrected chi connectivity index (χ1v) is 6.34. The number of hydrogen-bond donors (Lipinski definition) is 3. The van der Waals surface area contributed by atoms with Crippen LogP contribution in [0.2, 0.25) is 0 Å². The number of rotatable bonds is 6. The standard InChI is InChI=1S/C14H22N2O3/c1-4-16(8-7-14(2,3)19)12-6-5-10(13(17)18)9-11(12)15/h5-6,9,19H,4,7-8,15H2,1-3H3,(H,17,18). The highest BCUT2D eigenvalue weighted by Gasteiger charge is 2.16. The monoisotopic (exact) mass is 266 g/mol. The highest BCUT2D eigenvalue weighted by atomic mass is 16.4. The summed E-state index contributed by atoms with van der Waals surface area (Å²) in [5.41, 5.74) is 6.60. The fourth-order valence-electron chi connectivity index (χ4n) is 1.83. The number of carboxylic acids is 1. The molecule has 1 aromatic carbocycles. The van der Waals surface area contributed by atoms with E-state index in [0.29, 0.717) is 18.7 Å². The quantitative estimate of drug-likeness (QED) is 0.685. The Morgan fingerprint density at radius 2 is 2.05 bits per heavy atom. The third kappa shape index (κ3) is 4.44. The molecule has 0 radical (unpaired) electrons. The van der Waals surface area contributed by atoms with Gasteiger partial charge in [-0.15, -0.1) is 0 Å². The Morgan fingerprint density at radius 3 is 2.47 bits per heavy atom. The van der Waals surface area contributed by atoms with Crippen molar-refractivity contribution >= 4 is 17.3 Å². The minimum absolute atomic E-state index is 0.180. The zero-order chi connectivity index (χ0) is 14.6. The Kier molecular flexibility index (Phi) is 4.78. The van der Waals surface area contributed by atoms with Crippen molar-refractivity contribution in [3.8, 4) is 0 Å². The summed E-state index contributed by atoms with van der Waals surface area (Å²) >= 11 is 0. The van der Waals surface area contributed by atoms with Crippen LogP contribution in [0.3, 0.4) is 0 Å². The summed E-state index contributed by atoms with van der Waals surface area (Å²) in [4.78, 5) is 12.9. The molecule has 0 aliphatic carbocycles. The predicted molar refractivity (Wildman–Crippen MR) is 76.6 cm³/mol. The summed E-state index contributed by atoms with van der Waals surface area (Å²) in [6.07, 6.45) is 0.612. The summed E-state index contributed by atoms with van der Waals surface area (Å²) in [5.74, 6) is -0.988. The fraction of sp³-hybridized carbons (Fsp3) is 0.500. The van der Waals surface area contributed by atoms with Gasteiger partial charge in [0.25, 0.3) is 0 Å². The van der Waals surface area contributed by atoms with Crippen LogP contribution in [-0.4, -0.2) is 34.9 Å². The second-order valence-electron chi connectivity index (χ2n) is 5.22. The summed E-state index contributed by atoms with van der Waals surface area (Å²) in [6.45, 7) is 6.92. The van der Waals surface area contributed by atoms with Crippen LogP contribution in [0.5, 0.6) is 0 Å². The van der Waals surface area contributed by atoms with Crippen LogP contribution < -0.4 is 10.6 Å². The lowest BCUT2D eigenvalue weighted by atomic mass is 10.0. The fourth-order valence-corrected chi connectivity index (χ4v) is 1.83. The molecule has 0 amide bonds. The van der Waals surface area contributed by atoms with Gasteiger partial charge in [-0.05, 0) is 45.4 Å². The molecule has 0 unspecified atom stereocenters. The van der Waals surface area contributed by atoms with Crippen LogP contribution in [-0.2, 0) is 0 Å². The van der Waals surface area contributed by atoms with Crippen molar-refractivity contribution in [2.45, 2.75) is 32.8 Å². The van der Waals surface area contributed by atoms with E-state index in [4.69, 9.17) is 10.8 Å². The van der Waals surface area contributed by atoms with Gasteiger partial charge in [-0.3, -0.25) is 0 Å². The summed E-state index contributed by atoms with van der Waals surface area (Å²) in [5, 5.41) is 18.7. The van der Waals surface area contributed by atoms with E-state index >= 15 is 0 Å². The average Bonchev–Trinajstić information content (AvgIpc) is 2.29. The number of hydrogen-bond acceptors (Lipinski definition) is 4. The van der Waals surface area contributed by atoms with Gasteiger partial charge < -0.3 is 20.8 Å². The van der Waals surface area contributed by atoms with Gasteiger partial charge in [-0.1, -0.05) is 0 Å². The predicted octanol–water partition coefficient (Wildman–Crippen LogP) is 1.95. The van der Waals surface area contributed by atoms with E-state index in [2.05, 4.69) is 0 Å². The Balaban J connectivity index is 2.90. The van der Waals surface area contributed by atoms with E-state index in [-0.39, 0.29) is 5.56 Å². The number of anilines is 2. The molecule has 0 heterocycles. The molecule has 0 fully saturated rings. The number of benzene rings is 1. The molecule has 0 saturated carbocycles. The smallest absolute Gasteiger partial charge is 0.335 e. The second kappa shape index (κ2) is 5.93. The molecule has 4 N–H and O–H groups in total. The average molecular weight is 266 g/mol. The van der Waals surface area contributed by atoms with E-state index in [9.17, 15) is 9.90 Å². The Bertz CT molecular complexity index is 452. The third-order valence-electron chi connectivity index (χ3n) is 2.99. The van der Waals surface area contributed by atoms with Crippen molar-refractivity contribution in [1.29, 1.82) is 0 Å². The van der Waals surface area contributed by atoms with Gasteiger partial charge in [0.05, 0.1) is 22.5 Å². The third-order valence-corrected chi connectivity index (χ3v) is 2.99. The first kappa shape index (κ1) is 15.3. The van der Waals surface area contributed by atoms with E-state index < -0.39 is 11.6 Å². The molecule has 0 aromatic heterocycles. The second-order valence-corrected chi connectivity index (χ2v) is 5.22. The molecule has 0 saturated heterocycles. The van der Waals surface area contributed by atoms with Crippen molar-refractivity contribution in [3.05, 3.63) is 23.8 Å². The lowest BCUT2D eigenvalue weighted by molar-refractivity contribution is 0.0695. The Labute approximate surface area is 113 Å². The SMILES string of the molecule is CCN(CCC(C)(C)O)c1ccc(C(=O)O)cc1N. The number of aliphatic hydroxyl groups is 1. The van der Waals surface area contributed by atoms with Crippen molar-refractivity contribution in [2.24, 2.45) is 0 Å². The normalized spacial score (nSPS) is 11.4. The number of nitrogens with two attached hydrogens (primary N) is 1. The maximum Gasteiger partial charge on any atom is 0.335 e. The van der Waals surface area contributed by atoms with E-state index in [1.54, 1.807) is 26.0 Å². The van der Waals surface area contributed by atoms with Gasteiger partial charge >= 0.3 is 5.97 Å². The van der Waals surface area contributed by atoms with E-state index in [1.165, 1.54) is 6.07 Å². The number of nitrogen functional groups attached to an aromatic ring is 1. The zero-order valence-electron chi connectivity index (χ0n) is 11.7. The van der Waals surface area contributed by atoms with Crippen molar-refractivity contribution in [2.75, 3.05) is 23.7 Å². The largest absolute Gasteiger partial charge is 0.478 e. The first-order valence-electron chi connectivity index (χ1n) is 6.34. The maximum atomic E-state index is 10.9. The lowest BCUT2D eigenvalue weighted by Crippen LogP contribution is -2.31. The van der Waals surface area contributed by atoms with Crippen molar-refractivity contribution in [3.63, 3.8) is 0 Å². The van der Waals surface area contributed by atoms with Crippen LogP contribution in [0.1, 0.15) is 37.6 Å². The van der Waals surface area contributed by atoms with Gasteiger partial charge in [0.2, 0.25) is 0 Å². The minimum atomic E-state index is -0.988. The van der Waals surface area contributed by atoms with Crippen LogP contribution in [0.15, 0.2) is 18.2 Å². The number of carbonyl (C=O) groups is 1. The Hall–Kier alpha value is -1.75. The molecule has 0 aliphatic heterocycles. The molecular weight excluding hydrogens is 244 g/mol. The zero-order valence-corrected chi connectivity index (χ0v) is 11.7. The Morgan fingerprint density at radius 1 is 1.42 bits per heavy atom. The van der Waals surface area contributed by atoms with Gasteiger partial charge in [0, 0.05) is 13.1 Å². The van der Waals surface area contributed by atoms with Gasteiger partial charge in [-0.2, -0.15) is 0 Å². The van der Waals surface area contributed by atoms with Crippen molar-refractivity contribution < 1.29 is 15.0 Å². The summed E-state index contributed by atoms with van der Waals surface area (Å²) in [7, 11) is 0. The van der Waals surface area contributed by atoms with Crippen LogP contribution in [0.25, 0.3) is 0 Å². The number of aromatic carboxylic acids is 1. The molecule has 106 valence electrons. The molecule has 1 aromatic rings. The highest BCUT2D eigenvalue weighted by Crippen LogP contribution is 2.25. The minimum Gasteiger partial charge on any atom is -0.478 e. The molecule has 0 bridgehead atoms. The highest BCUT2D eigenvalue weighted by molar-refractivity contribution is 5.90. The van der Waals surface area contributed by atoms with Crippen molar-refractivity contribution in [1.82, 2.24) is 0 Å². The van der Waals surface area contributed by atoms with Gasteiger partial charge in [0.1, 0.15) is 0 Å². The molecule has 5 heteroatoms. The molecule has 0 aliphatic rings. The molecule has 0 spiro atoms. The number of nitrogens with zero attached hydrogens (tertiary/aromatic N) is 1. The summed E-state index contributed by atoms with van der Waals surface area (Å²) < 4.78 is 0. The molecular formula is C14H22N2O3. The van der Waals surface area contributed by atoms with E-state index in [1.807, 2.05) is 11.8 Å². The molecule has 19 heavy (non-hydrogen) atoms. The molecule has 5 nitrogen and oxygen atoms in total.